The Hall–Kier alpha value is -1.62. The number of nitrogens with zero attached hydrogens (tertiary/aromatic N) is 2. The van der Waals surface area contributed by atoms with Gasteiger partial charge >= 0.3 is 0 Å². The standard InChI is InChI=1S/C13H18N2O3/c1-9-7-12(15(17)18)3-4-13(9)14-6-5-11(8-14)10(2)16/h3-4,7,10-11,16H,5-6,8H2,1-2H3. The molecule has 0 spiro atoms. The van der Waals surface area contributed by atoms with Crippen LogP contribution in [0, 0.1) is 23.0 Å². The molecule has 2 rings (SSSR count). The van der Waals surface area contributed by atoms with Crippen LogP contribution >= 0.6 is 0 Å². The highest BCUT2D eigenvalue weighted by atomic mass is 16.6. The van der Waals surface area contributed by atoms with E-state index in [0.29, 0.717) is 5.92 Å². The molecule has 1 heterocycles. The molecule has 0 radical (unpaired) electrons. The number of non-ortho nitro benzene ring substituents is 1. The molecule has 0 amide bonds. The fraction of sp³-hybridized carbons (Fsp3) is 0.538. The van der Waals surface area contributed by atoms with Crippen molar-refractivity contribution in [3.05, 3.63) is 33.9 Å². The molecule has 18 heavy (non-hydrogen) atoms. The molecular formula is C13H18N2O3. The average molecular weight is 250 g/mol. The van der Waals surface area contributed by atoms with Gasteiger partial charge in [-0.25, -0.2) is 0 Å². The first-order chi connectivity index (χ1) is 8.49. The summed E-state index contributed by atoms with van der Waals surface area (Å²) in [7, 11) is 0. The lowest BCUT2D eigenvalue weighted by molar-refractivity contribution is -0.384. The zero-order valence-electron chi connectivity index (χ0n) is 10.7. The van der Waals surface area contributed by atoms with Gasteiger partial charge in [-0.2, -0.15) is 0 Å². The van der Waals surface area contributed by atoms with Gasteiger partial charge in [0.15, 0.2) is 0 Å². The average Bonchev–Trinajstić information content (AvgIpc) is 2.78. The molecule has 0 aromatic heterocycles. The number of hydrogen-bond donors (Lipinski definition) is 1. The van der Waals surface area contributed by atoms with Gasteiger partial charge in [-0.15, -0.1) is 0 Å². The normalized spacial score (nSPS) is 21.1. The maximum Gasteiger partial charge on any atom is 0.269 e. The highest BCUT2D eigenvalue weighted by molar-refractivity contribution is 5.57. The minimum atomic E-state index is -0.376. The fourth-order valence-corrected chi connectivity index (χ4v) is 2.51. The molecule has 5 heteroatoms. The monoisotopic (exact) mass is 250 g/mol. The highest BCUT2D eigenvalue weighted by Gasteiger charge is 2.27. The summed E-state index contributed by atoms with van der Waals surface area (Å²) in [5, 5.41) is 20.3. The van der Waals surface area contributed by atoms with Crippen LogP contribution in [0.2, 0.25) is 0 Å². The lowest BCUT2D eigenvalue weighted by Gasteiger charge is -2.21. The number of hydrogen-bond acceptors (Lipinski definition) is 4. The number of aryl methyl sites for hydroxylation is 1. The Morgan fingerprint density at radius 1 is 1.56 bits per heavy atom. The Morgan fingerprint density at radius 3 is 2.78 bits per heavy atom. The van der Waals surface area contributed by atoms with Gasteiger partial charge in [-0.05, 0) is 31.9 Å². The Balaban J connectivity index is 2.18. The van der Waals surface area contributed by atoms with Crippen molar-refractivity contribution < 1.29 is 10.0 Å². The van der Waals surface area contributed by atoms with E-state index >= 15 is 0 Å². The van der Waals surface area contributed by atoms with Crippen LogP contribution in [0.5, 0.6) is 0 Å². The van der Waals surface area contributed by atoms with E-state index in [4.69, 9.17) is 0 Å². The van der Waals surface area contributed by atoms with Crippen molar-refractivity contribution in [2.24, 2.45) is 5.92 Å². The maximum absolute atomic E-state index is 10.7. The van der Waals surface area contributed by atoms with Crippen molar-refractivity contribution in [1.82, 2.24) is 0 Å². The zero-order valence-corrected chi connectivity index (χ0v) is 10.7. The largest absolute Gasteiger partial charge is 0.393 e. The van der Waals surface area contributed by atoms with Gasteiger partial charge < -0.3 is 10.0 Å². The van der Waals surface area contributed by atoms with Crippen LogP contribution in [-0.2, 0) is 0 Å². The van der Waals surface area contributed by atoms with Crippen molar-refractivity contribution in [3.8, 4) is 0 Å². The number of nitro benzene ring substituents is 1. The van der Waals surface area contributed by atoms with Crippen molar-refractivity contribution in [2.45, 2.75) is 26.4 Å². The molecule has 98 valence electrons. The minimum absolute atomic E-state index is 0.127. The Morgan fingerprint density at radius 2 is 2.28 bits per heavy atom. The number of aliphatic hydroxyl groups is 1. The van der Waals surface area contributed by atoms with Gasteiger partial charge in [-0.3, -0.25) is 10.1 Å². The SMILES string of the molecule is Cc1cc([N+](=O)[O-])ccc1N1CCC(C(C)O)C1. The second-order valence-corrected chi connectivity index (χ2v) is 4.96. The number of nitro groups is 1. The lowest BCUT2D eigenvalue weighted by atomic mass is 10.0. The smallest absolute Gasteiger partial charge is 0.269 e. The number of rotatable bonds is 3. The van der Waals surface area contributed by atoms with E-state index < -0.39 is 0 Å². The third-order valence-corrected chi connectivity index (χ3v) is 3.64. The summed E-state index contributed by atoms with van der Waals surface area (Å²) in [6, 6.07) is 4.95. The number of aliphatic hydroxyl groups excluding tert-OH is 1. The second-order valence-electron chi connectivity index (χ2n) is 4.96. The van der Waals surface area contributed by atoms with Crippen molar-refractivity contribution in [3.63, 3.8) is 0 Å². The summed E-state index contributed by atoms with van der Waals surface area (Å²) in [5.74, 6) is 0.291. The summed E-state index contributed by atoms with van der Waals surface area (Å²) in [5.41, 5.74) is 2.07. The van der Waals surface area contributed by atoms with Crippen LogP contribution in [0.4, 0.5) is 11.4 Å². The van der Waals surface area contributed by atoms with Crippen LogP contribution in [0.15, 0.2) is 18.2 Å². The highest BCUT2D eigenvalue weighted by Crippen LogP contribution is 2.30. The van der Waals surface area contributed by atoms with Gasteiger partial charge in [0.05, 0.1) is 11.0 Å². The van der Waals surface area contributed by atoms with Crippen molar-refractivity contribution >= 4 is 11.4 Å². The van der Waals surface area contributed by atoms with Gasteiger partial charge in [-0.1, -0.05) is 0 Å². The molecule has 1 aromatic carbocycles. The van der Waals surface area contributed by atoms with Crippen molar-refractivity contribution in [2.75, 3.05) is 18.0 Å². The van der Waals surface area contributed by atoms with Crippen LogP contribution in [0.1, 0.15) is 18.9 Å². The lowest BCUT2D eigenvalue weighted by Crippen LogP contribution is -2.24. The van der Waals surface area contributed by atoms with Gasteiger partial charge in [0, 0.05) is 36.8 Å². The van der Waals surface area contributed by atoms with Crippen LogP contribution < -0.4 is 4.90 Å². The first-order valence-electron chi connectivity index (χ1n) is 6.17. The number of anilines is 1. The molecule has 1 saturated heterocycles. The molecule has 0 bridgehead atoms. The van der Waals surface area contributed by atoms with E-state index in [1.54, 1.807) is 12.1 Å². The summed E-state index contributed by atoms with van der Waals surface area (Å²) in [6.07, 6.45) is 0.669. The minimum Gasteiger partial charge on any atom is -0.393 e. The second kappa shape index (κ2) is 4.94. The summed E-state index contributed by atoms with van der Waals surface area (Å²) >= 11 is 0. The first-order valence-corrected chi connectivity index (χ1v) is 6.17. The summed E-state index contributed by atoms with van der Waals surface area (Å²) in [6.45, 7) is 5.42. The van der Waals surface area contributed by atoms with E-state index in [-0.39, 0.29) is 16.7 Å². The van der Waals surface area contributed by atoms with E-state index in [1.165, 1.54) is 6.07 Å². The van der Waals surface area contributed by atoms with E-state index in [9.17, 15) is 15.2 Å². The molecule has 1 aliphatic heterocycles. The third-order valence-electron chi connectivity index (χ3n) is 3.64. The number of benzene rings is 1. The van der Waals surface area contributed by atoms with Gasteiger partial charge in [0.2, 0.25) is 0 Å². The van der Waals surface area contributed by atoms with Gasteiger partial charge in [0.1, 0.15) is 0 Å². The van der Waals surface area contributed by atoms with E-state index in [1.807, 2.05) is 13.8 Å². The molecule has 0 aliphatic carbocycles. The molecule has 1 aliphatic rings. The molecular weight excluding hydrogens is 232 g/mol. The predicted octanol–water partition coefficient (Wildman–Crippen LogP) is 2.11. The Bertz CT molecular complexity index is 460. The molecule has 2 atom stereocenters. The van der Waals surface area contributed by atoms with E-state index in [0.717, 1.165) is 30.8 Å². The molecule has 1 aromatic rings. The summed E-state index contributed by atoms with van der Waals surface area (Å²) in [4.78, 5) is 12.5. The molecule has 2 unspecified atom stereocenters. The molecule has 5 nitrogen and oxygen atoms in total. The maximum atomic E-state index is 10.7. The summed E-state index contributed by atoms with van der Waals surface area (Å²) < 4.78 is 0. The Labute approximate surface area is 106 Å². The molecule has 0 saturated carbocycles. The Kier molecular flexibility index (Phi) is 3.52. The van der Waals surface area contributed by atoms with Crippen molar-refractivity contribution in [1.29, 1.82) is 0 Å². The van der Waals surface area contributed by atoms with Crippen LogP contribution in [-0.4, -0.2) is 29.2 Å². The molecule has 1 fully saturated rings. The van der Waals surface area contributed by atoms with E-state index in [2.05, 4.69) is 4.90 Å². The van der Waals surface area contributed by atoms with Crippen LogP contribution in [0.3, 0.4) is 0 Å². The quantitative estimate of drug-likeness (QED) is 0.659. The predicted molar refractivity (Wildman–Crippen MR) is 69.8 cm³/mol. The first kappa shape index (κ1) is 12.8. The molecule has 1 N–H and O–H groups in total. The fourth-order valence-electron chi connectivity index (χ4n) is 2.51. The topological polar surface area (TPSA) is 66.6 Å². The van der Waals surface area contributed by atoms with Gasteiger partial charge in [0.25, 0.3) is 5.69 Å². The third kappa shape index (κ3) is 2.46. The van der Waals surface area contributed by atoms with Crippen LogP contribution in [0.25, 0.3) is 0 Å². The zero-order chi connectivity index (χ0) is 13.3.